The second-order valence-corrected chi connectivity index (χ2v) is 13.6. The predicted octanol–water partition coefficient (Wildman–Crippen LogP) is 4.98. The van der Waals surface area contributed by atoms with Crippen molar-refractivity contribution < 1.29 is 31.1 Å². The van der Waals surface area contributed by atoms with E-state index in [1.165, 1.54) is 28.1 Å². The molecule has 1 saturated heterocycles. The molecule has 1 aliphatic heterocycles. The number of alkyl halides is 3. The number of benzene rings is 2. The number of rotatable bonds is 9. The van der Waals surface area contributed by atoms with Gasteiger partial charge in [-0.3, -0.25) is 0 Å². The van der Waals surface area contributed by atoms with Crippen molar-refractivity contribution in [3.8, 4) is 17.6 Å². The van der Waals surface area contributed by atoms with E-state index in [0.29, 0.717) is 41.6 Å². The summed E-state index contributed by atoms with van der Waals surface area (Å²) in [5.41, 5.74) is 2.04. The summed E-state index contributed by atoms with van der Waals surface area (Å²) >= 11 is 0. The second kappa shape index (κ2) is 13.9. The van der Waals surface area contributed by atoms with Gasteiger partial charge in [-0.25, -0.2) is 8.42 Å². The third-order valence-corrected chi connectivity index (χ3v) is 10.3. The van der Waals surface area contributed by atoms with Gasteiger partial charge in [0, 0.05) is 42.3 Å². The molecule has 1 aliphatic carbocycles. The van der Waals surface area contributed by atoms with Crippen LogP contribution in [0.5, 0.6) is 5.75 Å². The Balaban J connectivity index is 1.34. The van der Waals surface area contributed by atoms with Crippen molar-refractivity contribution >= 4 is 32.3 Å². The van der Waals surface area contributed by atoms with Crippen LogP contribution in [0.2, 0.25) is 0 Å². The second-order valence-electron chi connectivity index (χ2n) is 11.6. The summed E-state index contributed by atoms with van der Waals surface area (Å²) in [6, 6.07) is 12.4. The highest BCUT2D eigenvalue weighted by Crippen LogP contribution is 2.33. The molecule has 0 atom stereocenters. The van der Waals surface area contributed by atoms with Gasteiger partial charge in [0.2, 0.25) is 10.0 Å². The van der Waals surface area contributed by atoms with E-state index in [1.807, 2.05) is 6.07 Å². The van der Waals surface area contributed by atoms with Crippen LogP contribution in [0.1, 0.15) is 31.4 Å². The number of sulfonamides is 1. The first kappa shape index (κ1) is 32.9. The molecule has 0 spiro atoms. The molecule has 2 aliphatic rings. The monoisotopic (exact) mass is 647 g/mol. The van der Waals surface area contributed by atoms with Crippen molar-refractivity contribution in [3.63, 3.8) is 0 Å². The van der Waals surface area contributed by atoms with Gasteiger partial charge in [-0.15, -0.1) is 0 Å². The van der Waals surface area contributed by atoms with E-state index >= 15 is 0 Å². The van der Waals surface area contributed by atoms with Crippen molar-refractivity contribution in [1.29, 1.82) is 0 Å². The number of methoxy groups -OCH3 is 1. The highest BCUT2D eigenvalue weighted by Gasteiger charge is 2.31. The zero-order chi connectivity index (χ0) is 32.2. The van der Waals surface area contributed by atoms with Gasteiger partial charge in [0.1, 0.15) is 12.3 Å². The molecule has 1 saturated carbocycles. The largest absolute Gasteiger partial charge is 0.495 e. The van der Waals surface area contributed by atoms with Crippen LogP contribution in [0.3, 0.4) is 0 Å². The lowest BCUT2D eigenvalue weighted by Crippen LogP contribution is -2.40. The number of hydrogen-bond donors (Lipinski definition) is 2. The van der Waals surface area contributed by atoms with Crippen molar-refractivity contribution in [2.24, 2.45) is 0 Å². The summed E-state index contributed by atoms with van der Waals surface area (Å²) in [4.78, 5) is 2.35. The van der Waals surface area contributed by atoms with E-state index in [-0.39, 0.29) is 36.3 Å². The van der Waals surface area contributed by atoms with E-state index in [0.717, 1.165) is 31.4 Å². The van der Waals surface area contributed by atoms with Gasteiger partial charge in [0.15, 0.2) is 0 Å². The Hall–Kier alpha value is -3.44. The Morgan fingerprint density at radius 1 is 1.04 bits per heavy atom. The molecule has 3 aromatic rings. The molecule has 0 amide bonds. The van der Waals surface area contributed by atoms with Crippen LogP contribution in [-0.2, 0) is 21.3 Å². The zero-order valence-electron chi connectivity index (χ0n) is 25.8. The fourth-order valence-electron chi connectivity index (χ4n) is 6.01. The Kier molecular flexibility index (Phi) is 10.2. The highest BCUT2D eigenvalue weighted by atomic mass is 32.2. The first-order valence-corrected chi connectivity index (χ1v) is 16.5. The molecular formula is C32H40F3N5O4S. The van der Waals surface area contributed by atoms with Gasteiger partial charge in [-0.05, 0) is 76.0 Å². The summed E-state index contributed by atoms with van der Waals surface area (Å²) in [7, 11) is 1.91. The van der Waals surface area contributed by atoms with E-state index in [1.54, 1.807) is 24.3 Å². The maximum atomic E-state index is 13.7. The lowest BCUT2D eigenvalue weighted by Gasteiger charge is -2.33. The number of fused-ring (bicyclic) bond motifs is 1. The zero-order valence-corrected chi connectivity index (χ0v) is 26.6. The standard InChI is InChI=1S/C32H40F3N5O4S/c1-38(2)24-11-9-23(10-12-24)37-28-7-4-8-30-27(28)20-25(40(30)22-32(33,34)35)6-5-15-36-29-14-13-26(21-31(29)43-3)45(41,42)39-16-18-44-19-17-39/h4,7-8,13-14,20-21,23-24,36-37H,9-12,15-19,22H2,1-3H3. The lowest BCUT2D eigenvalue weighted by molar-refractivity contribution is -0.140. The molecule has 45 heavy (non-hydrogen) atoms. The molecule has 2 aromatic carbocycles. The van der Waals surface area contributed by atoms with Crippen LogP contribution in [0, 0.1) is 11.8 Å². The molecule has 2 fully saturated rings. The van der Waals surface area contributed by atoms with Crippen molar-refractivity contribution in [2.45, 2.75) is 55.4 Å². The summed E-state index contributed by atoms with van der Waals surface area (Å²) < 4.78 is 80.4. The average Bonchev–Trinajstić information content (AvgIpc) is 3.36. The molecule has 5 rings (SSSR count). The summed E-state index contributed by atoms with van der Waals surface area (Å²) in [5, 5.41) is 7.38. The lowest BCUT2D eigenvalue weighted by atomic mass is 9.90. The molecule has 244 valence electrons. The molecule has 9 nitrogen and oxygen atoms in total. The van der Waals surface area contributed by atoms with Gasteiger partial charge >= 0.3 is 6.18 Å². The molecule has 1 aromatic heterocycles. The summed E-state index contributed by atoms with van der Waals surface area (Å²) in [6.45, 7) is 0.179. The minimum absolute atomic E-state index is 0.0969. The molecule has 2 N–H and O–H groups in total. The van der Waals surface area contributed by atoms with E-state index in [2.05, 4.69) is 41.5 Å². The third-order valence-electron chi connectivity index (χ3n) is 8.43. The quantitative estimate of drug-likeness (QED) is 0.317. The first-order chi connectivity index (χ1) is 21.5. The van der Waals surface area contributed by atoms with Gasteiger partial charge in [0.05, 0.1) is 48.7 Å². The van der Waals surface area contributed by atoms with Gasteiger partial charge in [0.25, 0.3) is 0 Å². The number of hydrogen-bond acceptors (Lipinski definition) is 7. The van der Waals surface area contributed by atoms with Crippen molar-refractivity contribution in [3.05, 3.63) is 48.2 Å². The average molecular weight is 648 g/mol. The van der Waals surface area contributed by atoms with Crippen LogP contribution in [-0.4, -0.2) is 94.5 Å². The minimum atomic E-state index is -4.43. The molecule has 0 radical (unpaired) electrons. The number of nitrogens with zero attached hydrogens (tertiary/aromatic N) is 3. The Labute approximate surface area is 262 Å². The normalized spacial score (nSPS) is 19.7. The van der Waals surface area contributed by atoms with Crippen molar-refractivity contribution in [2.75, 3.05) is 64.7 Å². The van der Waals surface area contributed by atoms with E-state index in [4.69, 9.17) is 9.47 Å². The maximum absolute atomic E-state index is 13.7. The Morgan fingerprint density at radius 2 is 1.78 bits per heavy atom. The Bertz CT molecular complexity index is 1650. The SMILES string of the molecule is COc1cc(S(=O)(=O)N2CCOCC2)ccc1NCC#Cc1cc2c(NC3CCC(N(C)C)CC3)cccc2n1CC(F)(F)F. The van der Waals surface area contributed by atoms with E-state index < -0.39 is 22.7 Å². The molecular weight excluding hydrogens is 607 g/mol. The van der Waals surface area contributed by atoms with Crippen LogP contribution < -0.4 is 15.4 Å². The summed E-state index contributed by atoms with van der Waals surface area (Å²) in [5.74, 6) is 6.17. The van der Waals surface area contributed by atoms with Crippen LogP contribution in [0.4, 0.5) is 24.5 Å². The molecule has 2 heterocycles. The van der Waals surface area contributed by atoms with Crippen LogP contribution in [0.15, 0.2) is 47.4 Å². The first-order valence-electron chi connectivity index (χ1n) is 15.1. The Morgan fingerprint density at radius 3 is 2.44 bits per heavy atom. The highest BCUT2D eigenvalue weighted by molar-refractivity contribution is 7.89. The number of ether oxygens (including phenoxy) is 2. The molecule has 0 unspecified atom stereocenters. The maximum Gasteiger partial charge on any atom is 0.406 e. The van der Waals surface area contributed by atoms with Crippen LogP contribution >= 0.6 is 0 Å². The summed E-state index contributed by atoms with van der Waals surface area (Å²) in [6.07, 6.45) is -0.312. The van der Waals surface area contributed by atoms with Gasteiger partial charge < -0.3 is 29.6 Å². The van der Waals surface area contributed by atoms with Gasteiger partial charge in [-0.1, -0.05) is 12.0 Å². The predicted molar refractivity (Wildman–Crippen MR) is 169 cm³/mol. The van der Waals surface area contributed by atoms with Crippen LogP contribution in [0.25, 0.3) is 10.9 Å². The number of aromatic nitrogens is 1. The molecule has 13 heteroatoms. The minimum Gasteiger partial charge on any atom is -0.495 e. The topological polar surface area (TPSA) is 88.1 Å². The smallest absolute Gasteiger partial charge is 0.406 e. The number of halogens is 3. The van der Waals surface area contributed by atoms with E-state index in [9.17, 15) is 21.6 Å². The van der Waals surface area contributed by atoms with Gasteiger partial charge in [-0.2, -0.15) is 17.5 Å². The number of morpholine rings is 1. The third kappa shape index (κ3) is 7.87. The fourth-order valence-corrected chi connectivity index (χ4v) is 7.43. The van der Waals surface area contributed by atoms with Crippen molar-refractivity contribution in [1.82, 2.24) is 13.8 Å². The number of anilines is 2. The molecule has 0 bridgehead atoms. The fraction of sp³-hybridized carbons (Fsp3) is 0.500. The number of nitrogens with one attached hydrogen (secondary N) is 2.